The third kappa shape index (κ3) is 3.99. The average molecular weight is 411 g/mol. The molecule has 8 nitrogen and oxygen atoms in total. The topological polar surface area (TPSA) is 89.1 Å². The molecule has 0 aliphatic carbocycles. The van der Waals surface area contributed by atoms with Crippen LogP contribution in [0.1, 0.15) is 32.3 Å². The second kappa shape index (κ2) is 8.01. The molecule has 0 spiro atoms. The molecule has 0 bridgehead atoms. The van der Waals surface area contributed by atoms with Crippen molar-refractivity contribution in [1.82, 2.24) is 25.8 Å². The van der Waals surface area contributed by atoms with Crippen LogP contribution in [-0.4, -0.2) is 66.0 Å². The van der Waals surface area contributed by atoms with E-state index in [4.69, 9.17) is 4.99 Å². The Labute approximate surface area is 177 Å². The molecule has 1 aromatic carbocycles. The first kappa shape index (κ1) is 20.3. The zero-order chi connectivity index (χ0) is 21.3. The molecule has 0 radical (unpaired) electrons. The number of rotatable bonds is 3. The maximum Gasteiger partial charge on any atom is 0.318 e. The van der Waals surface area contributed by atoms with Gasteiger partial charge in [0.25, 0.3) is 0 Å². The van der Waals surface area contributed by atoms with E-state index in [1.54, 1.807) is 4.90 Å². The molecule has 30 heavy (non-hydrogen) atoms. The number of nitrogens with one attached hydrogen (secondary N) is 3. The van der Waals surface area contributed by atoms with E-state index in [0.29, 0.717) is 32.0 Å². The van der Waals surface area contributed by atoms with Crippen LogP contribution in [0.2, 0.25) is 0 Å². The zero-order valence-corrected chi connectivity index (χ0v) is 17.9. The smallest absolute Gasteiger partial charge is 0.318 e. The van der Waals surface area contributed by atoms with E-state index in [-0.39, 0.29) is 18.0 Å². The Morgan fingerprint density at radius 3 is 2.80 bits per heavy atom. The summed E-state index contributed by atoms with van der Waals surface area (Å²) in [6.07, 6.45) is 1.37. The van der Waals surface area contributed by atoms with Gasteiger partial charge in [-0.25, -0.2) is 9.79 Å². The van der Waals surface area contributed by atoms with Gasteiger partial charge < -0.3 is 25.8 Å². The van der Waals surface area contributed by atoms with E-state index >= 15 is 0 Å². The predicted octanol–water partition coefficient (Wildman–Crippen LogP) is 1.41. The van der Waals surface area contributed by atoms with E-state index in [0.717, 1.165) is 29.8 Å². The van der Waals surface area contributed by atoms with Crippen LogP contribution in [0.3, 0.4) is 0 Å². The normalized spacial score (nSPS) is 23.0. The Balaban J connectivity index is 1.40. The highest BCUT2D eigenvalue weighted by molar-refractivity contribution is 5.85. The quantitative estimate of drug-likeness (QED) is 0.703. The molecule has 3 aliphatic rings. The van der Waals surface area contributed by atoms with Gasteiger partial charge in [-0.15, -0.1) is 0 Å². The minimum atomic E-state index is -0.415. The van der Waals surface area contributed by atoms with Gasteiger partial charge in [0, 0.05) is 39.1 Å². The minimum absolute atomic E-state index is 0.0850. The van der Waals surface area contributed by atoms with Crippen molar-refractivity contribution in [3.63, 3.8) is 0 Å². The van der Waals surface area contributed by atoms with Crippen LogP contribution in [0.4, 0.5) is 4.79 Å². The minimum Gasteiger partial charge on any atom is -0.353 e. The number of carbonyl (C=O) groups excluding carboxylic acids is 2. The molecule has 0 saturated carbocycles. The fourth-order valence-electron chi connectivity index (χ4n) is 4.26. The summed E-state index contributed by atoms with van der Waals surface area (Å²) in [5, 5.41) is 9.74. The van der Waals surface area contributed by atoms with Crippen molar-refractivity contribution in [2.45, 2.75) is 44.8 Å². The largest absolute Gasteiger partial charge is 0.353 e. The summed E-state index contributed by atoms with van der Waals surface area (Å²) >= 11 is 0. The molecule has 1 aromatic rings. The van der Waals surface area contributed by atoms with Crippen molar-refractivity contribution in [2.75, 3.05) is 26.7 Å². The lowest BCUT2D eigenvalue weighted by Crippen LogP contribution is -2.52. The van der Waals surface area contributed by atoms with Crippen molar-refractivity contribution >= 4 is 17.9 Å². The van der Waals surface area contributed by atoms with E-state index < -0.39 is 5.54 Å². The van der Waals surface area contributed by atoms with Crippen LogP contribution in [0.5, 0.6) is 0 Å². The van der Waals surface area contributed by atoms with Crippen LogP contribution < -0.4 is 16.0 Å². The second-order valence-electron chi connectivity index (χ2n) is 8.68. The molecule has 1 unspecified atom stereocenters. The fourth-order valence-corrected chi connectivity index (χ4v) is 4.26. The Morgan fingerprint density at radius 1 is 1.30 bits per heavy atom. The number of amides is 3. The highest BCUT2D eigenvalue weighted by Crippen LogP contribution is 2.35. The molecule has 1 fully saturated rings. The molecule has 160 valence electrons. The maximum absolute atomic E-state index is 12.9. The van der Waals surface area contributed by atoms with Gasteiger partial charge in [0.05, 0.1) is 17.8 Å². The van der Waals surface area contributed by atoms with Crippen molar-refractivity contribution in [2.24, 2.45) is 4.99 Å². The molecule has 1 atom stereocenters. The van der Waals surface area contributed by atoms with Crippen LogP contribution in [0, 0.1) is 0 Å². The third-order valence-electron chi connectivity index (χ3n) is 6.28. The van der Waals surface area contributed by atoms with Gasteiger partial charge >= 0.3 is 6.03 Å². The molecular weight excluding hydrogens is 380 g/mol. The van der Waals surface area contributed by atoms with Crippen molar-refractivity contribution < 1.29 is 9.59 Å². The summed E-state index contributed by atoms with van der Waals surface area (Å²) in [6.45, 7) is 6.47. The first-order valence-electron chi connectivity index (χ1n) is 10.5. The van der Waals surface area contributed by atoms with Gasteiger partial charge in [0.2, 0.25) is 5.91 Å². The van der Waals surface area contributed by atoms with Gasteiger partial charge in [0.1, 0.15) is 0 Å². The van der Waals surface area contributed by atoms with Crippen molar-refractivity contribution in [3.8, 4) is 0 Å². The lowest BCUT2D eigenvalue weighted by Gasteiger charge is -2.35. The molecule has 1 saturated heterocycles. The molecule has 4 rings (SSSR count). The van der Waals surface area contributed by atoms with E-state index in [1.165, 1.54) is 0 Å². The summed E-state index contributed by atoms with van der Waals surface area (Å²) in [5.41, 5.74) is 2.71. The number of hydrogen-bond acceptors (Lipinski definition) is 5. The molecule has 3 heterocycles. The first-order valence-corrected chi connectivity index (χ1v) is 10.5. The SMILES string of the molecule is CN1CCC(NC2=NC3=C(CN2)C(C)(C)N(C(=O)NCc2ccccc2)C3)CC1=O. The van der Waals surface area contributed by atoms with Crippen molar-refractivity contribution in [3.05, 3.63) is 47.2 Å². The van der Waals surface area contributed by atoms with Crippen LogP contribution in [0.25, 0.3) is 0 Å². The number of carbonyl (C=O) groups is 2. The maximum atomic E-state index is 12.9. The van der Waals surface area contributed by atoms with Crippen molar-refractivity contribution in [1.29, 1.82) is 0 Å². The lowest BCUT2D eigenvalue weighted by molar-refractivity contribution is -0.132. The molecule has 0 aromatic heterocycles. The third-order valence-corrected chi connectivity index (χ3v) is 6.28. The predicted molar refractivity (Wildman–Crippen MR) is 116 cm³/mol. The molecule has 8 heteroatoms. The zero-order valence-electron chi connectivity index (χ0n) is 17.9. The number of urea groups is 1. The summed E-state index contributed by atoms with van der Waals surface area (Å²) in [5.74, 6) is 0.844. The molecule has 3 aliphatic heterocycles. The number of likely N-dealkylation sites (tertiary alicyclic amines) is 1. The number of guanidine groups is 1. The Bertz CT molecular complexity index is 892. The number of benzene rings is 1. The number of aliphatic imine (C=N–C) groups is 1. The van der Waals surface area contributed by atoms with Gasteiger partial charge in [-0.3, -0.25) is 4.79 Å². The molecule has 3 N–H and O–H groups in total. The second-order valence-corrected chi connectivity index (χ2v) is 8.68. The molecular formula is C22H30N6O2. The van der Waals surface area contributed by atoms with Gasteiger partial charge in [-0.2, -0.15) is 0 Å². The number of nitrogens with zero attached hydrogens (tertiary/aromatic N) is 3. The fraction of sp³-hybridized carbons (Fsp3) is 0.500. The van der Waals surface area contributed by atoms with Crippen LogP contribution >= 0.6 is 0 Å². The Hall–Kier alpha value is -3.03. The van der Waals surface area contributed by atoms with Gasteiger partial charge in [-0.1, -0.05) is 30.3 Å². The van der Waals surface area contributed by atoms with E-state index in [2.05, 4.69) is 29.8 Å². The Kier molecular flexibility index (Phi) is 5.40. The van der Waals surface area contributed by atoms with Gasteiger partial charge in [0.15, 0.2) is 5.96 Å². The summed E-state index contributed by atoms with van der Waals surface area (Å²) in [6, 6.07) is 9.89. The van der Waals surface area contributed by atoms with Gasteiger partial charge in [-0.05, 0) is 31.4 Å². The summed E-state index contributed by atoms with van der Waals surface area (Å²) in [4.78, 5) is 33.2. The number of hydrogen-bond donors (Lipinski definition) is 3. The number of piperidine rings is 1. The highest BCUT2D eigenvalue weighted by Gasteiger charge is 2.43. The average Bonchev–Trinajstić information content (AvgIpc) is 3.00. The summed E-state index contributed by atoms with van der Waals surface area (Å²) in [7, 11) is 1.84. The van der Waals surface area contributed by atoms with E-state index in [1.807, 2.05) is 42.3 Å². The lowest BCUT2D eigenvalue weighted by atomic mass is 9.94. The van der Waals surface area contributed by atoms with Crippen LogP contribution in [-0.2, 0) is 11.3 Å². The highest BCUT2D eigenvalue weighted by atomic mass is 16.2. The molecule has 3 amide bonds. The first-order chi connectivity index (χ1) is 14.3. The van der Waals surface area contributed by atoms with Crippen LogP contribution in [0.15, 0.2) is 46.6 Å². The van der Waals surface area contributed by atoms with E-state index in [9.17, 15) is 9.59 Å². The standard InChI is InChI=1S/C22H30N6O2/c1-22(2)17-13-23-20(25-16-9-10-27(3)19(29)11-16)26-18(17)14-28(22)21(30)24-12-15-7-5-4-6-8-15/h4-8,16H,9-14H2,1-3H3,(H,24,30)(H2,23,25,26). The monoisotopic (exact) mass is 410 g/mol. The summed E-state index contributed by atoms with van der Waals surface area (Å²) < 4.78 is 0. The Morgan fingerprint density at radius 2 is 2.07 bits per heavy atom.